The molecule has 0 unspecified atom stereocenters. The van der Waals surface area contributed by atoms with Crippen molar-refractivity contribution in [2.75, 3.05) is 0 Å². The van der Waals surface area contributed by atoms with Gasteiger partial charge in [-0.15, -0.1) is 11.8 Å². The molecule has 0 bridgehead atoms. The predicted molar refractivity (Wildman–Crippen MR) is 83.6 cm³/mol. The predicted octanol–water partition coefficient (Wildman–Crippen LogP) is 5.39. The molecule has 0 aromatic carbocycles. The molecular weight excluding hydrogens is 364 g/mol. The van der Waals surface area contributed by atoms with Crippen LogP contribution in [0.3, 0.4) is 0 Å². The van der Waals surface area contributed by atoms with Gasteiger partial charge in [0.15, 0.2) is 0 Å². The molecule has 1 N–H and O–H groups in total. The van der Waals surface area contributed by atoms with Crippen LogP contribution >= 0.6 is 11.8 Å². The quantitative estimate of drug-likeness (QED) is 0.566. The summed E-state index contributed by atoms with van der Waals surface area (Å²) < 4.78 is 86.1. The second kappa shape index (κ2) is 4.15. The Morgan fingerprint density at radius 1 is 0.840 bits per heavy atom. The zero-order chi connectivity index (χ0) is 18.8. The summed E-state index contributed by atoms with van der Waals surface area (Å²) in [6.07, 6.45) is 2.64. The van der Waals surface area contributed by atoms with Gasteiger partial charge in [-0.25, -0.2) is 0 Å². The van der Waals surface area contributed by atoms with Crippen molar-refractivity contribution in [1.29, 1.82) is 0 Å². The largest absolute Gasteiger partial charge is 0.380 e. The molecule has 1 fully saturated rings. The molecule has 136 valence electrons. The highest BCUT2D eigenvalue weighted by Gasteiger charge is 2.84. The van der Waals surface area contributed by atoms with Gasteiger partial charge < -0.3 is 5.32 Å². The maximum atomic E-state index is 14.5. The number of fused-ring (bicyclic) bond motifs is 1. The number of hydrogen-bond donors (Lipinski definition) is 1. The molecule has 4 rings (SSSR count). The van der Waals surface area contributed by atoms with Gasteiger partial charge >= 0.3 is 17.8 Å². The zero-order valence-corrected chi connectivity index (χ0v) is 14.6. The molecule has 2 heterocycles. The molecule has 0 spiro atoms. The Labute approximate surface area is 144 Å². The lowest BCUT2D eigenvalue weighted by Gasteiger charge is -2.53. The summed E-state index contributed by atoms with van der Waals surface area (Å²) in [6.45, 7) is 6.54. The number of rotatable bonds is 0. The molecule has 2 atom stereocenters. The Morgan fingerprint density at radius 3 is 1.84 bits per heavy atom. The summed E-state index contributed by atoms with van der Waals surface area (Å²) in [5, 5.41) is 3.17. The summed E-state index contributed by atoms with van der Waals surface area (Å²) in [5.74, 6) is -15.3. The summed E-state index contributed by atoms with van der Waals surface area (Å²) in [5.41, 5.74) is -3.49. The van der Waals surface area contributed by atoms with Crippen molar-refractivity contribution in [1.82, 2.24) is 5.32 Å². The van der Waals surface area contributed by atoms with Gasteiger partial charge in [-0.3, -0.25) is 0 Å². The summed E-state index contributed by atoms with van der Waals surface area (Å²) in [4.78, 5) is -0.333. The molecule has 0 saturated heterocycles. The maximum Gasteiger partial charge on any atom is 0.380 e. The number of allylic oxidation sites excluding steroid dienone is 6. The molecule has 0 aromatic heterocycles. The van der Waals surface area contributed by atoms with E-state index < -0.39 is 39.2 Å². The van der Waals surface area contributed by atoms with Gasteiger partial charge in [-0.2, -0.15) is 26.3 Å². The molecule has 1 nitrogen and oxygen atoms in total. The van der Waals surface area contributed by atoms with Gasteiger partial charge in [-0.1, -0.05) is 0 Å². The maximum absolute atomic E-state index is 14.5. The first kappa shape index (κ1) is 17.1. The van der Waals surface area contributed by atoms with Crippen molar-refractivity contribution >= 4 is 11.8 Å². The van der Waals surface area contributed by atoms with Crippen LogP contribution in [0, 0.1) is 5.41 Å². The molecule has 0 aromatic rings. The van der Waals surface area contributed by atoms with E-state index in [0.29, 0.717) is 10.6 Å². The first-order valence-corrected chi connectivity index (χ1v) is 8.51. The van der Waals surface area contributed by atoms with Crippen molar-refractivity contribution < 1.29 is 26.3 Å². The lowest BCUT2D eigenvalue weighted by atomic mass is 9.68. The van der Waals surface area contributed by atoms with Gasteiger partial charge in [0.1, 0.15) is 0 Å². The van der Waals surface area contributed by atoms with Gasteiger partial charge in [-0.05, 0) is 55.9 Å². The zero-order valence-electron chi connectivity index (χ0n) is 13.8. The molecule has 4 aliphatic rings. The third-order valence-corrected chi connectivity index (χ3v) is 7.10. The van der Waals surface area contributed by atoms with Crippen LogP contribution in [0.25, 0.3) is 0 Å². The van der Waals surface area contributed by atoms with Crippen LogP contribution in [-0.2, 0) is 0 Å². The second-order valence-corrected chi connectivity index (χ2v) is 8.93. The molecule has 8 heteroatoms. The first-order valence-electron chi connectivity index (χ1n) is 7.70. The fraction of sp³-hybridized carbons (Fsp3) is 0.529. The molecule has 2 aliphatic heterocycles. The van der Waals surface area contributed by atoms with Crippen LogP contribution in [0.4, 0.5) is 26.3 Å². The van der Waals surface area contributed by atoms with Crippen molar-refractivity contribution in [3.63, 3.8) is 0 Å². The van der Waals surface area contributed by atoms with Crippen LogP contribution < -0.4 is 5.32 Å². The van der Waals surface area contributed by atoms with Crippen LogP contribution in [0.2, 0.25) is 0 Å². The van der Waals surface area contributed by atoms with E-state index in [-0.39, 0.29) is 11.1 Å². The minimum Gasteiger partial charge on any atom is -0.373 e. The monoisotopic (exact) mass is 379 g/mol. The van der Waals surface area contributed by atoms with E-state index in [1.807, 2.05) is 0 Å². The second-order valence-electron chi connectivity index (χ2n) is 7.27. The molecule has 0 amide bonds. The van der Waals surface area contributed by atoms with E-state index in [1.165, 1.54) is 23.9 Å². The third-order valence-electron chi connectivity index (χ3n) is 5.75. The van der Waals surface area contributed by atoms with Crippen molar-refractivity contribution in [2.24, 2.45) is 5.41 Å². The Bertz CT molecular complexity index is 785. The van der Waals surface area contributed by atoms with E-state index in [2.05, 4.69) is 5.32 Å². The summed E-state index contributed by atoms with van der Waals surface area (Å²) in [6, 6.07) is 0. The van der Waals surface area contributed by atoms with E-state index in [0.717, 1.165) is 0 Å². The van der Waals surface area contributed by atoms with Crippen LogP contribution in [0.5, 0.6) is 0 Å². The SMILES string of the molecule is CC1=CC2=C3C(=C4C=C(C)S[C@@](C)(N1)[C@]24C)C(F)(F)C(F)(F)C3(F)F. The Morgan fingerprint density at radius 2 is 1.32 bits per heavy atom. The minimum absolute atomic E-state index is 0.144. The Hall–Kier alpha value is -1.31. The van der Waals surface area contributed by atoms with Gasteiger partial charge in [0.2, 0.25) is 0 Å². The highest BCUT2D eigenvalue weighted by atomic mass is 32.2. The Balaban J connectivity index is 2.20. The minimum atomic E-state index is -5.46. The van der Waals surface area contributed by atoms with Gasteiger partial charge in [0.25, 0.3) is 0 Å². The van der Waals surface area contributed by atoms with Crippen molar-refractivity contribution in [3.8, 4) is 0 Å². The highest BCUT2D eigenvalue weighted by Crippen LogP contribution is 2.73. The number of hydrogen-bond acceptors (Lipinski definition) is 2. The average Bonchev–Trinajstić information content (AvgIpc) is 2.74. The number of alkyl halides is 6. The lowest BCUT2D eigenvalue weighted by molar-refractivity contribution is -0.258. The fourth-order valence-corrected chi connectivity index (χ4v) is 5.92. The molecule has 25 heavy (non-hydrogen) atoms. The number of nitrogens with one attached hydrogen (secondary N) is 1. The third kappa shape index (κ3) is 1.53. The van der Waals surface area contributed by atoms with E-state index >= 15 is 0 Å². The topological polar surface area (TPSA) is 12.0 Å². The van der Waals surface area contributed by atoms with Crippen LogP contribution in [0.15, 0.2) is 45.0 Å². The normalized spacial score (nSPS) is 39.6. The molecule has 2 aliphatic carbocycles. The smallest absolute Gasteiger partial charge is 0.373 e. The first-order chi connectivity index (χ1) is 11.2. The molecular formula is C17H15F6NS. The lowest BCUT2D eigenvalue weighted by Crippen LogP contribution is -2.57. The van der Waals surface area contributed by atoms with Gasteiger partial charge in [0, 0.05) is 16.8 Å². The number of thioether (sulfide) groups is 1. The van der Waals surface area contributed by atoms with Gasteiger partial charge in [0.05, 0.1) is 10.3 Å². The summed E-state index contributed by atoms with van der Waals surface area (Å²) >= 11 is 1.33. The van der Waals surface area contributed by atoms with Crippen molar-refractivity contribution in [2.45, 2.75) is 50.3 Å². The average molecular weight is 379 g/mol. The van der Waals surface area contributed by atoms with E-state index in [1.54, 1.807) is 27.7 Å². The number of halogens is 6. The van der Waals surface area contributed by atoms with Crippen LogP contribution in [0.1, 0.15) is 27.7 Å². The Kier molecular flexibility index (Phi) is 2.85. The highest BCUT2D eigenvalue weighted by molar-refractivity contribution is 8.04. The standard InChI is InChI=1S/C17H15F6NS/c1-7-5-9-11-12(16(20,21)17(22,23)15(11,18)19)10-6-8(2)25-14(4,24-7)13(9,10)3/h5-6,24H,1-4H3/t13-,14-/m1/s1. The van der Waals surface area contributed by atoms with Crippen molar-refractivity contribution in [3.05, 3.63) is 45.0 Å². The molecule has 0 radical (unpaired) electrons. The summed E-state index contributed by atoms with van der Waals surface area (Å²) in [7, 11) is 0. The van der Waals surface area contributed by atoms with Crippen LogP contribution in [-0.4, -0.2) is 22.6 Å². The van der Waals surface area contributed by atoms with E-state index in [4.69, 9.17) is 0 Å². The fourth-order valence-electron chi connectivity index (χ4n) is 4.46. The molecule has 1 saturated carbocycles. The van der Waals surface area contributed by atoms with E-state index in [9.17, 15) is 26.3 Å².